The van der Waals surface area contributed by atoms with E-state index in [4.69, 9.17) is 4.74 Å². The van der Waals surface area contributed by atoms with Crippen molar-refractivity contribution >= 4 is 11.2 Å². The lowest BCUT2D eigenvalue weighted by molar-refractivity contribution is 0.113. The largest absolute Gasteiger partial charge is 0.374 e. The molecule has 0 bridgehead atoms. The number of aryl methyl sites for hydroxylation is 1. The number of H-pyrrole nitrogens is 1. The molecule has 4 nitrogen and oxygen atoms in total. The predicted octanol–water partition coefficient (Wildman–Crippen LogP) is 1.97. The van der Waals surface area contributed by atoms with Gasteiger partial charge in [0.05, 0.1) is 5.52 Å². The van der Waals surface area contributed by atoms with Crippen LogP contribution in [0.5, 0.6) is 0 Å². The Morgan fingerprint density at radius 3 is 2.86 bits per heavy atom. The Labute approximate surface area is 82.3 Å². The molecule has 2 aromatic heterocycles. The monoisotopic (exact) mass is 191 g/mol. The second kappa shape index (κ2) is 3.38. The zero-order chi connectivity index (χ0) is 10.1. The standard InChI is InChI=1S/C10H13N3O/c1-6-4-5-8-10(11-6)13-9(12-8)7(2)14-3/h4-5,7H,1-3H3,(H,11,12,13). The lowest BCUT2D eigenvalue weighted by Crippen LogP contribution is -1.97. The first kappa shape index (κ1) is 9.15. The molecular formula is C10H13N3O. The molecule has 2 rings (SSSR count). The van der Waals surface area contributed by atoms with Crippen LogP contribution in [0, 0.1) is 6.92 Å². The van der Waals surface area contributed by atoms with Crippen LogP contribution in [-0.4, -0.2) is 22.1 Å². The summed E-state index contributed by atoms with van der Waals surface area (Å²) in [6.07, 6.45) is -0.0236. The van der Waals surface area contributed by atoms with Gasteiger partial charge in [0, 0.05) is 12.8 Å². The summed E-state index contributed by atoms with van der Waals surface area (Å²) in [5, 5.41) is 0. The number of fused-ring (bicyclic) bond motifs is 1. The molecule has 2 heterocycles. The average Bonchev–Trinajstić information content (AvgIpc) is 2.59. The molecule has 0 aromatic carbocycles. The van der Waals surface area contributed by atoms with E-state index in [2.05, 4.69) is 15.0 Å². The van der Waals surface area contributed by atoms with Crippen molar-refractivity contribution in [2.24, 2.45) is 0 Å². The Morgan fingerprint density at radius 1 is 1.36 bits per heavy atom. The third-order valence-corrected chi connectivity index (χ3v) is 2.24. The molecule has 1 unspecified atom stereocenters. The maximum absolute atomic E-state index is 5.17. The Kier molecular flexibility index (Phi) is 2.21. The van der Waals surface area contributed by atoms with Crippen LogP contribution in [0.4, 0.5) is 0 Å². The summed E-state index contributed by atoms with van der Waals surface area (Å²) < 4.78 is 5.17. The van der Waals surface area contributed by atoms with Crippen LogP contribution in [0.3, 0.4) is 0 Å². The number of hydrogen-bond acceptors (Lipinski definition) is 3. The molecule has 0 fully saturated rings. The molecule has 0 aliphatic heterocycles. The summed E-state index contributed by atoms with van der Waals surface area (Å²) in [6, 6.07) is 3.94. The molecule has 0 saturated heterocycles. The van der Waals surface area contributed by atoms with Crippen molar-refractivity contribution in [3.8, 4) is 0 Å². The highest BCUT2D eigenvalue weighted by Crippen LogP contribution is 2.16. The van der Waals surface area contributed by atoms with Crippen LogP contribution in [0.1, 0.15) is 24.5 Å². The fourth-order valence-electron chi connectivity index (χ4n) is 1.31. The number of hydrogen-bond donors (Lipinski definition) is 1. The second-order valence-corrected chi connectivity index (χ2v) is 3.32. The van der Waals surface area contributed by atoms with Crippen molar-refractivity contribution in [1.82, 2.24) is 15.0 Å². The highest BCUT2D eigenvalue weighted by atomic mass is 16.5. The van der Waals surface area contributed by atoms with Crippen molar-refractivity contribution in [3.63, 3.8) is 0 Å². The Balaban J connectivity index is 2.51. The van der Waals surface area contributed by atoms with Crippen LogP contribution in [0.2, 0.25) is 0 Å². The fraction of sp³-hybridized carbons (Fsp3) is 0.400. The number of rotatable bonds is 2. The first-order chi connectivity index (χ1) is 6.70. The van der Waals surface area contributed by atoms with Crippen LogP contribution in [0.25, 0.3) is 11.2 Å². The van der Waals surface area contributed by atoms with Crippen LogP contribution >= 0.6 is 0 Å². The highest BCUT2D eigenvalue weighted by molar-refractivity contribution is 5.70. The van der Waals surface area contributed by atoms with Gasteiger partial charge in [-0.25, -0.2) is 9.97 Å². The van der Waals surface area contributed by atoms with Crippen molar-refractivity contribution in [2.45, 2.75) is 20.0 Å². The number of aromatic amines is 1. The van der Waals surface area contributed by atoms with Gasteiger partial charge in [-0.05, 0) is 26.0 Å². The van der Waals surface area contributed by atoms with E-state index in [0.717, 1.165) is 22.7 Å². The highest BCUT2D eigenvalue weighted by Gasteiger charge is 2.09. The molecule has 14 heavy (non-hydrogen) atoms. The summed E-state index contributed by atoms with van der Waals surface area (Å²) in [6.45, 7) is 3.90. The van der Waals surface area contributed by atoms with Crippen molar-refractivity contribution in [2.75, 3.05) is 7.11 Å². The molecule has 0 saturated carbocycles. The zero-order valence-electron chi connectivity index (χ0n) is 8.53. The maximum atomic E-state index is 5.17. The summed E-state index contributed by atoms with van der Waals surface area (Å²) in [7, 11) is 1.66. The number of nitrogens with zero attached hydrogens (tertiary/aromatic N) is 2. The third-order valence-electron chi connectivity index (χ3n) is 2.24. The maximum Gasteiger partial charge on any atom is 0.178 e. The smallest absolute Gasteiger partial charge is 0.178 e. The summed E-state index contributed by atoms with van der Waals surface area (Å²) in [5.74, 6) is 0.820. The summed E-state index contributed by atoms with van der Waals surface area (Å²) in [5.41, 5.74) is 2.68. The first-order valence-electron chi connectivity index (χ1n) is 4.57. The molecule has 74 valence electrons. The van der Waals surface area contributed by atoms with Gasteiger partial charge in [0.1, 0.15) is 11.9 Å². The molecular weight excluding hydrogens is 178 g/mol. The number of imidazole rings is 1. The third kappa shape index (κ3) is 1.48. The van der Waals surface area contributed by atoms with E-state index in [1.54, 1.807) is 7.11 Å². The number of nitrogens with one attached hydrogen (secondary N) is 1. The molecule has 0 radical (unpaired) electrons. The van der Waals surface area contributed by atoms with Gasteiger partial charge >= 0.3 is 0 Å². The van der Waals surface area contributed by atoms with E-state index in [1.165, 1.54) is 0 Å². The van der Waals surface area contributed by atoms with E-state index in [1.807, 2.05) is 26.0 Å². The van der Waals surface area contributed by atoms with Crippen LogP contribution < -0.4 is 0 Å². The van der Waals surface area contributed by atoms with E-state index < -0.39 is 0 Å². The molecule has 0 spiro atoms. The normalized spacial score (nSPS) is 13.4. The number of methoxy groups -OCH3 is 1. The van der Waals surface area contributed by atoms with Gasteiger partial charge in [-0.1, -0.05) is 0 Å². The first-order valence-corrected chi connectivity index (χ1v) is 4.57. The summed E-state index contributed by atoms with van der Waals surface area (Å²) >= 11 is 0. The Morgan fingerprint density at radius 2 is 2.14 bits per heavy atom. The minimum absolute atomic E-state index is 0.0236. The number of ether oxygens (including phenoxy) is 1. The SMILES string of the molecule is COC(C)c1nc2nc(C)ccc2[nH]1. The molecule has 0 aliphatic rings. The zero-order valence-corrected chi connectivity index (χ0v) is 8.53. The van der Waals surface area contributed by atoms with Crippen molar-refractivity contribution < 1.29 is 4.74 Å². The van der Waals surface area contributed by atoms with Gasteiger partial charge in [-0.2, -0.15) is 0 Å². The van der Waals surface area contributed by atoms with Gasteiger partial charge in [0.25, 0.3) is 0 Å². The van der Waals surface area contributed by atoms with Gasteiger partial charge in [-0.3, -0.25) is 0 Å². The molecule has 0 amide bonds. The van der Waals surface area contributed by atoms with Gasteiger partial charge < -0.3 is 9.72 Å². The molecule has 4 heteroatoms. The lowest BCUT2D eigenvalue weighted by Gasteiger charge is -2.03. The predicted molar refractivity (Wildman–Crippen MR) is 54.0 cm³/mol. The van der Waals surface area contributed by atoms with E-state index in [0.29, 0.717) is 0 Å². The van der Waals surface area contributed by atoms with Crippen LogP contribution in [0.15, 0.2) is 12.1 Å². The Hall–Kier alpha value is -1.42. The number of aromatic nitrogens is 3. The topological polar surface area (TPSA) is 50.8 Å². The molecule has 1 N–H and O–H groups in total. The lowest BCUT2D eigenvalue weighted by atomic mass is 10.3. The molecule has 2 aromatic rings. The van der Waals surface area contributed by atoms with Gasteiger partial charge in [0.2, 0.25) is 0 Å². The minimum atomic E-state index is -0.0236. The van der Waals surface area contributed by atoms with Crippen molar-refractivity contribution in [3.05, 3.63) is 23.7 Å². The Bertz CT molecular complexity index is 450. The summed E-state index contributed by atoms with van der Waals surface area (Å²) in [4.78, 5) is 11.8. The van der Waals surface area contributed by atoms with Gasteiger partial charge in [0.15, 0.2) is 5.65 Å². The second-order valence-electron chi connectivity index (χ2n) is 3.32. The average molecular weight is 191 g/mol. The van der Waals surface area contributed by atoms with Crippen LogP contribution in [-0.2, 0) is 4.74 Å². The number of pyridine rings is 1. The van der Waals surface area contributed by atoms with Crippen molar-refractivity contribution in [1.29, 1.82) is 0 Å². The quantitative estimate of drug-likeness (QED) is 0.789. The molecule has 1 atom stereocenters. The molecule has 0 aliphatic carbocycles. The van der Waals surface area contributed by atoms with E-state index >= 15 is 0 Å². The minimum Gasteiger partial charge on any atom is -0.374 e. The van der Waals surface area contributed by atoms with Gasteiger partial charge in [-0.15, -0.1) is 0 Å². The van der Waals surface area contributed by atoms with E-state index in [9.17, 15) is 0 Å². The fourth-order valence-corrected chi connectivity index (χ4v) is 1.31. The van der Waals surface area contributed by atoms with E-state index in [-0.39, 0.29) is 6.10 Å².